The average Bonchev–Trinajstić information content (AvgIpc) is 2.52. The molecule has 13 heavy (non-hydrogen) atoms. The highest BCUT2D eigenvalue weighted by Gasteiger charge is 2.30. The highest BCUT2D eigenvalue weighted by atomic mass is 16.7. The van der Waals surface area contributed by atoms with Crippen LogP contribution in [0.5, 0.6) is 0 Å². The van der Waals surface area contributed by atoms with E-state index in [0.29, 0.717) is 19.6 Å². The van der Waals surface area contributed by atoms with Gasteiger partial charge in [0.2, 0.25) is 0 Å². The van der Waals surface area contributed by atoms with Crippen LogP contribution in [0.2, 0.25) is 0 Å². The lowest BCUT2D eigenvalue weighted by Gasteiger charge is -2.21. The Morgan fingerprint density at radius 2 is 2.15 bits per heavy atom. The van der Waals surface area contributed by atoms with Gasteiger partial charge in [0.05, 0.1) is 13.2 Å². The van der Waals surface area contributed by atoms with Gasteiger partial charge in [-0.15, -0.1) is 0 Å². The maximum absolute atomic E-state index is 10.9. The van der Waals surface area contributed by atoms with Gasteiger partial charge in [-0.25, -0.2) is 0 Å². The third-order valence-electron chi connectivity index (χ3n) is 2.18. The normalized spacial score (nSPS) is 20.1. The molecule has 0 aromatic carbocycles. The summed E-state index contributed by atoms with van der Waals surface area (Å²) < 4.78 is 10.8. The van der Waals surface area contributed by atoms with Crippen molar-refractivity contribution in [1.29, 1.82) is 0 Å². The third-order valence-corrected chi connectivity index (χ3v) is 2.18. The number of carbonyl (C=O) groups excluding carboxylic acids is 1. The van der Waals surface area contributed by atoms with Gasteiger partial charge in [-0.2, -0.15) is 0 Å². The van der Waals surface area contributed by atoms with Crippen LogP contribution in [0.1, 0.15) is 26.2 Å². The predicted octanol–water partition coefficient (Wildman–Crippen LogP) is 1.67. The van der Waals surface area contributed by atoms with E-state index in [1.54, 1.807) is 0 Å². The smallest absolute Gasteiger partial charge is 0.165 e. The number of allylic oxidation sites excluding steroid dienone is 1. The number of hydrogen-bond donors (Lipinski definition) is 0. The molecular weight excluding hydrogens is 168 g/mol. The Hall–Kier alpha value is -0.670. The summed E-state index contributed by atoms with van der Waals surface area (Å²) in [5.41, 5.74) is 0. The second kappa shape index (κ2) is 4.53. The third kappa shape index (κ3) is 3.28. The maximum atomic E-state index is 10.9. The van der Waals surface area contributed by atoms with E-state index in [2.05, 4.69) is 6.58 Å². The minimum absolute atomic E-state index is 0.0848. The van der Waals surface area contributed by atoms with Crippen molar-refractivity contribution in [2.24, 2.45) is 0 Å². The second-order valence-electron chi connectivity index (χ2n) is 3.35. The largest absolute Gasteiger partial charge is 0.348 e. The fraction of sp³-hybridized carbons (Fsp3) is 0.700. The molecule has 0 aromatic heterocycles. The number of ether oxygens (including phenoxy) is 2. The minimum Gasteiger partial charge on any atom is -0.348 e. The van der Waals surface area contributed by atoms with E-state index < -0.39 is 5.79 Å². The molecule has 1 aliphatic heterocycles. The molecule has 1 aliphatic rings. The first-order valence-corrected chi connectivity index (χ1v) is 4.59. The van der Waals surface area contributed by atoms with Crippen LogP contribution < -0.4 is 0 Å². The van der Waals surface area contributed by atoms with Gasteiger partial charge in [0.25, 0.3) is 0 Å². The summed E-state index contributed by atoms with van der Waals surface area (Å²) in [6, 6.07) is 0. The Morgan fingerprint density at radius 3 is 2.69 bits per heavy atom. The molecule has 0 amide bonds. The zero-order chi connectivity index (χ0) is 9.73. The molecule has 1 heterocycles. The zero-order valence-electron chi connectivity index (χ0n) is 8.04. The summed E-state index contributed by atoms with van der Waals surface area (Å²) in [6.45, 7) is 6.65. The van der Waals surface area contributed by atoms with Gasteiger partial charge in [-0.1, -0.05) is 6.58 Å². The van der Waals surface area contributed by atoms with Crippen LogP contribution in [0.4, 0.5) is 0 Å². The van der Waals surface area contributed by atoms with Crippen LogP contribution in [0.25, 0.3) is 0 Å². The summed E-state index contributed by atoms with van der Waals surface area (Å²) >= 11 is 0. The van der Waals surface area contributed by atoms with Gasteiger partial charge < -0.3 is 9.47 Å². The van der Waals surface area contributed by atoms with E-state index in [4.69, 9.17) is 9.47 Å². The molecule has 0 aromatic rings. The molecule has 0 N–H and O–H groups in total. The zero-order valence-corrected chi connectivity index (χ0v) is 8.04. The SMILES string of the molecule is C=CC(=O)CCCC1(C)OCCO1. The Bertz CT molecular complexity index is 192. The summed E-state index contributed by atoms with van der Waals surface area (Å²) in [4.78, 5) is 10.9. The van der Waals surface area contributed by atoms with Gasteiger partial charge in [0.15, 0.2) is 11.6 Å². The van der Waals surface area contributed by atoms with Crippen LogP contribution >= 0.6 is 0 Å². The molecule has 0 saturated carbocycles. The Kier molecular flexibility index (Phi) is 3.63. The van der Waals surface area contributed by atoms with Crippen molar-refractivity contribution in [3.8, 4) is 0 Å². The molecule has 3 nitrogen and oxygen atoms in total. The van der Waals surface area contributed by atoms with Crippen LogP contribution in [-0.4, -0.2) is 24.8 Å². The van der Waals surface area contributed by atoms with Gasteiger partial charge in [-0.05, 0) is 19.4 Å². The van der Waals surface area contributed by atoms with Crippen molar-refractivity contribution < 1.29 is 14.3 Å². The van der Waals surface area contributed by atoms with Gasteiger partial charge in [0.1, 0.15) is 0 Å². The minimum atomic E-state index is -0.457. The quantitative estimate of drug-likeness (QED) is 0.610. The van der Waals surface area contributed by atoms with Gasteiger partial charge in [0, 0.05) is 12.8 Å². The van der Waals surface area contributed by atoms with Crippen LogP contribution in [0, 0.1) is 0 Å². The lowest BCUT2D eigenvalue weighted by atomic mass is 10.1. The summed E-state index contributed by atoms with van der Waals surface area (Å²) in [7, 11) is 0. The highest BCUT2D eigenvalue weighted by Crippen LogP contribution is 2.24. The van der Waals surface area contributed by atoms with Crippen molar-refractivity contribution in [2.45, 2.75) is 32.0 Å². The van der Waals surface area contributed by atoms with E-state index >= 15 is 0 Å². The van der Waals surface area contributed by atoms with Crippen LogP contribution in [0.15, 0.2) is 12.7 Å². The fourth-order valence-electron chi connectivity index (χ4n) is 1.39. The van der Waals surface area contributed by atoms with E-state index in [1.807, 2.05) is 6.92 Å². The molecule has 0 radical (unpaired) electrons. The topological polar surface area (TPSA) is 35.5 Å². The number of ketones is 1. The summed E-state index contributed by atoms with van der Waals surface area (Å²) in [6.07, 6.45) is 3.46. The molecule has 74 valence electrons. The van der Waals surface area contributed by atoms with Gasteiger partial charge in [-0.3, -0.25) is 4.79 Å². The molecule has 0 bridgehead atoms. The molecule has 1 saturated heterocycles. The van der Waals surface area contributed by atoms with Crippen molar-refractivity contribution in [1.82, 2.24) is 0 Å². The van der Waals surface area contributed by atoms with Crippen molar-refractivity contribution in [3.63, 3.8) is 0 Å². The number of hydrogen-bond acceptors (Lipinski definition) is 3. The first-order chi connectivity index (χ1) is 6.16. The van der Waals surface area contributed by atoms with Crippen LogP contribution in [-0.2, 0) is 14.3 Å². The summed E-state index contributed by atoms with van der Waals surface area (Å²) in [5, 5.41) is 0. The van der Waals surface area contributed by atoms with Crippen molar-refractivity contribution in [2.75, 3.05) is 13.2 Å². The van der Waals surface area contributed by atoms with E-state index in [1.165, 1.54) is 6.08 Å². The fourth-order valence-corrected chi connectivity index (χ4v) is 1.39. The van der Waals surface area contributed by atoms with E-state index in [0.717, 1.165) is 12.8 Å². The maximum Gasteiger partial charge on any atom is 0.165 e. The first kappa shape index (κ1) is 10.4. The lowest BCUT2D eigenvalue weighted by molar-refractivity contribution is -0.147. The first-order valence-electron chi connectivity index (χ1n) is 4.59. The average molecular weight is 184 g/mol. The molecule has 0 spiro atoms. The molecule has 0 unspecified atom stereocenters. The Labute approximate surface area is 78.7 Å². The number of rotatable bonds is 5. The summed E-state index contributed by atoms with van der Waals surface area (Å²) in [5.74, 6) is -0.372. The van der Waals surface area contributed by atoms with E-state index in [-0.39, 0.29) is 5.78 Å². The number of carbonyl (C=O) groups is 1. The lowest BCUT2D eigenvalue weighted by Crippen LogP contribution is -2.25. The molecule has 1 rings (SSSR count). The molecule has 0 aliphatic carbocycles. The molecule has 1 fully saturated rings. The second-order valence-corrected chi connectivity index (χ2v) is 3.35. The Morgan fingerprint density at radius 1 is 1.54 bits per heavy atom. The van der Waals surface area contributed by atoms with Crippen molar-refractivity contribution in [3.05, 3.63) is 12.7 Å². The Balaban J connectivity index is 2.18. The standard InChI is InChI=1S/C10H16O3/c1-3-9(11)5-4-6-10(2)12-7-8-13-10/h3H,1,4-8H2,2H3. The highest BCUT2D eigenvalue weighted by molar-refractivity contribution is 5.88. The van der Waals surface area contributed by atoms with E-state index in [9.17, 15) is 4.79 Å². The van der Waals surface area contributed by atoms with Gasteiger partial charge >= 0.3 is 0 Å². The van der Waals surface area contributed by atoms with Crippen molar-refractivity contribution >= 4 is 5.78 Å². The molecule has 0 atom stereocenters. The molecule has 3 heteroatoms. The molecular formula is C10H16O3. The monoisotopic (exact) mass is 184 g/mol. The predicted molar refractivity (Wildman–Crippen MR) is 49.4 cm³/mol. The van der Waals surface area contributed by atoms with Crippen LogP contribution in [0.3, 0.4) is 0 Å².